The molecule has 0 radical (unpaired) electrons. The van der Waals surface area contributed by atoms with Gasteiger partial charge in [0.25, 0.3) is 0 Å². The summed E-state index contributed by atoms with van der Waals surface area (Å²) in [6.45, 7) is 0.601. The van der Waals surface area contributed by atoms with E-state index >= 15 is 0 Å². The van der Waals surface area contributed by atoms with Crippen LogP contribution >= 0.6 is 0 Å². The van der Waals surface area contributed by atoms with Crippen molar-refractivity contribution in [3.05, 3.63) is 29.8 Å². The Balaban J connectivity index is 2.83. The molecule has 94 valence electrons. The van der Waals surface area contributed by atoms with Crippen LogP contribution < -0.4 is 15.8 Å². The SMILES string of the molecule is CNC(=O)C(CCCN)c1ccc(OC)cc1. The average Bonchev–Trinajstić information content (AvgIpc) is 2.39. The lowest BCUT2D eigenvalue weighted by atomic mass is 9.93. The predicted octanol–water partition coefficient (Wildman–Crippen LogP) is 1.26. The van der Waals surface area contributed by atoms with Crippen molar-refractivity contribution >= 4 is 5.91 Å². The number of methoxy groups -OCH3 is 1. The lowest BCUT2D eigenvalue weighted by Crippen LogP contribution is -2.26. The van der Waals surface area contributed by atoms with Crippen molar-refractivity contribution < 1.29 is 9.53 Å². The summed E-state index contributed by atoms with van der Waals surface area (Å²) in [5.41, 5.74) is 6.49. The average molecular weight is 236 g/mol. The predicted molar refractivity (Wildman–Crippen MR) is 68.1 cm³/mol. The van der Waals surface area contributed by atoms with E-state index in [0.29, 0.717) is 6.54 Å². The zero-order valence-electron chi connectivity index (χ0n) is 10.4. The van der Waals surface area contributed by atoms with Gasteiger partial charge >= 0.3 is 0 Å². The molecule has 4 heteroatoms. The van der Waals surface area contributed by atoms with Crippen molar-refractivity contribution in [2.75, 3.05) is 20.7 Å². The minimum absolute atomic E-state index is 0.0311. The fourth-order valence-corrected chi connectivity index (χ4v) is 1.78. The highest BCUT2D eigenvalue weighted by atomic mass is 16.5. The standard InChI is InChI=1S/C13H20N2O2/c1-15-13(16)12(4-3-9-14)10-5-7-11(17-2)8-6-10/h5-8,12H,3-4,9,14H2,1-2H3,(H,15,16). The van der Waals surface area contributed by atoms with Crippen LogP contribution in [0, 0.1) is 0 Å². The summed E-state index contributed by atoms with van der Waals surface area (Å²) in [4.78, 5) is 11.8. The maximum atomic E-state index is 11.8. The van der Waals surface area contributed by atoms with Crippen LogP contribution in [-0.2, 0) is 4.79 Å². The molecule has 0 saturated carbocycles. The molecule has 0 aliphatic heterocycles. The van der Waals surface area contributed by atoms with Gasteiger partial charge in [-0.1, -0.05) is 12.1 Å². The Hall–Kier alpha value is -1.55. The Bertz CT molecular complexity index is 349. The third-order valence-electron chi connectivity index (χ3n) is 2.78. The Kier molecular flexibility index (Phi) is 5.49. The van der Waals surface area contributed by atoms with Crippen LogP contribution in [0.15, 0.2) is 24.3 Å². The topological polar surface area (TPSA) is 64.4 Å². The van der Waals surface area contributed by atoms with E-state index in [1.165, 1.54) is 0 Å². The van der Waals surface area contributed by atoms with Gasteiger partial charge in [-0.25, -0.2) is 0 Å². The zero-order chi connectivity index (χ0) is 12.7. The summed E-state index contributed by atoms with van der Waals surface area (Å²) in [6.07, 6.45) is 1.60. The van der Waals surface area contributed by atoms with Gasteiger partial charge in [-0.3, -0.25) is 4.79 Å². The van der Waals surface area contributed by atoms with E-state index in [9.17, 15) is 4.79 Å². The van der Waals surface area contributed by atoms with Crippen LogP contribution in [0.5, 0.6) is 5.75 Å². The van der Waals surface area contributed by atoms with Crippen LogP contribution in [0.25, 0.3) is 0 Å². The first-order valence-electron chi connectivity index (χ1n) is 5.78. The van der Waals surface area contributed by atoms with Crippen molar-refractivity contribution in [3.8, 4) is 5.75 Å². The number of likely N-dealkylation sites (N-methyl/N-ethyl adjacent to an activating group) is 1. The molecular weight excluding hydrogens is 216 g/mol. The fraction of sp³-hybridized carbons (Fsp3) is 0.462. The van der Waals surface area contributed by atoms with Crippen LogP contribution in [0.4, 0.5) is 0 Å². The van der Waals surface area contributed by atoms with Crippen molar-refractivity contribution in [3.63, 3.8) is 0 Å². The summed E-state index contributed by atoms with van der Waals surface area (Å²) in [7, 11) is 3.28. The first-order valence-corrected chi connectivity index (χ1v) is 5.78. The molecule has 3 N–H and O–H groups in total. The first-order chi connectivity index (χ1) is 8.22. The van der Waals surface area contributed by atoms with Gasteiger partial charge in [-0.15, -0.1) is 0 Å². The van der Waals surface area contributed by atoms with E-state index in [2.05, 4.69) is 5.32 Å². The normalized spacial score (nSPS) is 11.9. The van der Waals surface area contributed by atoms with E-state index in [1.54, 1.807) is 14.2 Å². The molecule has 1 rings (SSSR count). The van der Waals surface area contributed by atoms with Gasteiger partial charge in [-0.05, 0) is 37.1 Å². The number of carbonyl (C=O) groups excluding carboxylic acids is 1. The van der Waals surface area contributed by atoms with Crippen molar-refractivity contribution in [1.29, 1.82) is 0 Å². The van der Waals surface area contributed by atoms with Gasteiger partial charge in [0.1, 0.15) is 5.75 Å². The van der Waals surface area contributed by atoms with Gasteiger partial charge < -0.3 is 15.8 Å². The number of benzene rings is 1. The largest absolute Gasteiger partial charge is 0.497 e. The summed E-state index contributed by atoms with van der Waals surface area (Å²) in [5.74, 6) is 0.696. The second kappa shape index (κ2) is 6.91. The van der Waals surface area contributed by atoms with Gasteiger partial charge in [0.2, 0.25) is 5.91 Å². The molecule has 0 bridgehead atoms. The number of ether oxygens (including phenoxy) is 1. The van der Waals surface area contributed by atoms with Crippen molar-refractivity contribution in [2.45, 2.75) is 18.8 Å². The number of hydrogen-bond acceptors (Lipinski definition) is 3. The smallest absolute Gasteiger partial charge is 0.227 e. The summed E-state index contributed by atoms with van der Waals surface area (Å²) in [5, 5.41) is 2.69. The van der Waals surface area contributed by atoms with Crippen LogP contribution in [-0.4, -0.2) is 26.6 Å². The molecule has 1 unspecified atom stereocenters. The molecule has 17 heavy (non-hydrogen) atoms. The molecule has 0 aliphatic rings. The van der Waals surface area contributed by atoms with E-state index < -0.39 is 0 Å². The molecular formula is C13H20N2O2. The van der Waals surface area contributed by atoms with Gasteiger partial charge in [0.15, 0.2) is 0 Å². The Morgan fingerprint density at radius 3 is 2.53 bits per heavy atom. The maximum absolute atomic E-state index is 11.8. The van der Waals surface area contributed by atoms with Gasteiger partial charge in [-0.2, -0.15) is 0 Å². The number of hydrogen-bond donors (Lipinski definition) is 2. The lowest BCUT2D eigenvalue weighted by molar-refractivity contribution is -0.122. The van der Waals surface area contributed by atoms with Crippen molar-refractivity contribution in [1.82, 2.24) is 5.32 Å². The minimum Gasteiger partial charge on any atom is -0.497 e. The molecule has 0 aliphatic carbocycles. The zero-order valence-corrected chi connectivity index (χ0v) is 10.4. The molecule has 4 nitrogen and oxygen atoms in total. The quantitative estimate of drug-likeness (QED) is 0.781. The van der Waals surface area contributed by atoms with E-state index in [1.807, 2.05) is 24.3 Å². The van der Waals surface area contributed by atoms with E-state index in [-0.39, 0.29) is 11.8 Å². The van der Waals surface area contributed by atoms with Crippen LogP contribution in [0.2, 0.25) is 0 Å². The molecule has 0 aromatic heterocycles. The molecule has 1 aromatic carbocycles. The molecule has 0 spiro atoms. The van der Waals surface area contributed by atoms with E-state index in [4.69, 9.17) is 10.5 Å². The second-order valence-corrected chi connectivity index (χ2v) is 3.87. The second-order valence-electron chi connectivity index (χ2n) is 3.87. The van der Waals surface area contributed by atoms with Gasteiger partial charge in [0.05, 0.1) is 13.0 Å². The molecule has 0 fully saturated rings. The summed E-state index contributed by atoms with van der Waals surface area (Å²) >= 11 is 0. The Morgan fingerprint density at radius 2 is 2.06 bits per heavy atom. The first kappa shape index (κ1) is 13.5. The van der Waals surface area contributed by atoms with E-state index in [0.717, 1.165) is 24.2 Å². The molecule has 1 atom stereocenters. The molecule has 0 heterocycles. The molecule has 1 aromatic rings. The maximum Gasteiger partial charge on any atom is 0.227 e. The van der Waals surface area contributed by atoms with Crippen LogP contribution in [0.3, 0.4) is 0 Å². The molecule has 1 amide bonds. The summed E-state index contributed by atoms with van der Waals surface area (Å²) in [6, 6.07) is 7.59. The Labute approximate surface area is 102 Å². The number of nitrogens with two attached hydrogens (primary N) is 1. The lowest BCUT2D eigenvalue weighted by Gasteiger charge is -2.15. The van der Waals surface area contributed by atoms with Crippen molar-refractivity contribution in [2.24, 2.45) is 5.73 Å². The summed E-state index contributed by atoms with van der Waals surface area (Å²) < 4.78 is 5.10. The number of carbonyl (C=O) groups is 1. The van der Waals surface area contributed by atoms with Crippen LogP contribution in [0.1, 0.15) is 24.3 Å². The fourth-order valence-electron chi connectivity index (χ4n) is 1.78. The number of rotatable bonds is 6. The third-order valence-corrected chi connectivity index (χ3v) is 2.78. The number of nitrogens with one attached hydrogen (secondary N) is 1. The highest BCUT2D eigenvalue weighted by Gasteiger charge is 2.18. The monoisotopic (exact) mass is 236 g/mol. The highest BCUT2D eigenvalue weighted by molar-refractivity contribution is 5.83. The highest BCUT2D eigenvalue weighted by Crippen LogP contribution is 2.23. The minimum atomic E-state index is -0.130. The van der Waals surface area contributed by atoms with Gasteiger partial charge in [0, 0.05) is 7.05 Å². The third kappa shape index (κ3) is 3.75. The number of amides is 1. The molecule has 0 saturated heterocycles. The Morgan fingerprint density at radius 1 is 1.41 bits per heavy atom.